The summed E-state index contributed by atoms with van der Waals surface area (Å²) >= 11 is 0. The fraction of sp³-hybridized carbons (Fsp3) is 0.652. The average Bonchev–Trinajstić information content (AvgIpc) is 3.55. The van der Waals surface area contributed by atoms with Crippen molar-refractivity contribution in [1.82, 2.24) is 19.6 Å². The van der Waals surface area contributed by atoms with Gasteiger partial charge in [0.1, 0.15) is 0 Å². The molecule has 1 aromatic heterocycles. The molecule has 184 valence electrons. The van der Waals surface area contributed by atoms with Gasteiger partial charge in [-0.15, -0.1) is 0 Å². The van der Waals surface area contributed by atoms with Crippen molar-refractivity contribution in [3.63, 3.8) is 0 Å². The fourth-order valence-corrected chi connectivity index (χ4v) is 7.47. The SMILES string of the molecule is O=S(=O)(C1CC1)N1CCC(Nc2ncc3cc(C(F)F)cc(N4CC5(CCNC5)C4)c3n2)CC1. The van der Waals surface area contributed by atoms with Crippen LogP contribution >= 0.6 is 0 Å². The van der Waals surface area contributed by atoms with E-state index in [0.717, 1.165) is 51.1 Å². The summed E-state index contributed by atoms with van der Waals surface area (Å²) in [5.41, 5.74) is 1.63. The van der Waals surface area contributed by atoms with Gasteiger partial charge in [-0.2, -0.15) is 0 Å². The van der Waals surface area contributed by atoms with Crippen molar-refractivity contribution in [3.05, 3.63) is 23.9 Å². The highest BCUT2D eigenvalue weighted by Gasteiger charge is 2.45. The fourth-order valence-electron chi connectivity index (χ4n) is 5.60. The minimum Gasteiger partial charge on any atom is -0.368 e. The normalized spacial score (nSPS) is 23.7. The Morgan fingerprint density at radius 3 is 2.56 bits per heavy atom. The van der Waals surface area contributed by atoms with E-state index in [1.54, 1.807) is 16.6 Å². The van der Waals surface area contributed by atoms with Gasteiger partial charge in [0.2, 0.25) is 16.0 Å². The largest absolute Gasteiger partial charge is 0.368 e. The van der Waals surface area contributed by atoms with Crippen molar-refractivity contribution in [2.24, 2.45) is 5.41 Å². The first kappa shape index (κ1) is 22.4. The molecule has 3 saturated heterocycles. The number of piperidine rings is 1. The summed E-state index contributed by atoms with van der Waals surface area (Å²) in [4.78, 5) is 11.3. The highest BCUT2D eigenvalue weighted by Crippen LogP contribution is 2.42. The standard InChI is InChI=1S/C23H30F2N6O2S/c24-21(25)15-9-16-11-27-22(28-17-3-7-31(8-4-17)34(32,33)18-1-2-18)29-20(16)19(10-15)30-13-23(14-30)5-6-26-12-23/h9-11,17-18,21,26H,1-8,12-14H2,(H,27,28,29). The van der Waals surface area contributed by atoms with E-state index in [-0.39, 0.29) is 22.3 Å². The minimum absolute atomic E-state index is 0.0125. The molecule has 3 aliphatic heterocycles. The molecule has 1 aliphatic carbocycles. The lowest BCUT2D eigenvalue weighted by Gasteiger charge is -2.49. The second-order valence-corrected chi connectivity index (χ2v) is 12.5. The van der Waals surface area contributed by atoms with Crippen molar-refractivity contribution in [2.75, 3.05) is 49.5 Å². The van der Waals surface area contributed by atoms with Crippen LogP contribution in [0.15, 0.2) is 18.3 Å². The second kappa shape index (κ2) is 8.23. The first-order valence-electron chi connectivity index (χ1n) is 12.1. The Labute approximate surface area is 198 Å². The van der Waals surface area contributed by atoms with Crippen LogP contribution in [0.1, 0.15) is 44.1 Å². The van der Waals surface area contributed by atoms with Crippen LogP contribution in [0.25, 0.3) is 10.9 Å². The summed E-state index contributed by atoms with van der Waals surface area (Å²) in [5.74, 6) is 0.458. The predicted molar refractivity (Wildman–Crippen MR) is 127 cm³/mol. The van der Waals surface area contributed by atoms with Gasteiger partial charge in [0, 0.05) is 61.3 Å². The summed E-state index contributed by atoms with van der Waals surface area (Å²) in [6.07, 6.45) is 3.08. The van der Waals surface area contributed by atoms with Crippen LogP contribution in [0.4, 0.5) is 20.4 Å². The molecule has 2 N–H and O–H groups in total. The van der Waals surface area contributed by atoms with Crippen LogP contribution in [0.5, 0.6) is 0 Å². The second-order valence-electron chi connectivity index (χ2n) is 10.3. The number of halogens is 2. The lowest BCUT2D eigenvalue weighted by Crippen LogP contribution is -2.57. The topological polar surface area (TPSA) is 90.5 Å². The highest BCUT2D eigenvalue weighted by atomic mass is 32.2. The third-order valence-corrected chi connectivity index (χ3v) is 10.2. The number of aromatic nitrogens is 2. The van der Waals surface area contributed by atoms with Crippen LogP contribution in [0.3, 0.4) is 0 Å². The molecule has 11 heteroatoms. The number of fused-ring (bicyclic) bond motifs is 1. The summed E-state index contributed by atoms with van der Waals surface area (Å²) in [5, 5.41) is 7.19. The number of benzene rings is 1. The number of hydrogen-bond acceptors (Lipinski definition) is 7. The molecule has 34 heavy (non-hydrogen) atoms. The molecule has 0 radical (unpaired) electrons. The van der Waals surface area contributed by atoms with E-state index in [1.165, 1.54) is 6.07 Å². The molecule has 0 unspecified atom stereocenters. The molecule has 4 aliphatic rings. The van der Waals surface area contributed by atoms with Gasteiger partial charge >= 0.3 is 0 Å². The maximum atomic E-state index is 13.6. The number of hydrogen-bond donors (Lipinski definition) is 2. The maximum absolute atomic E-state index is 13.6. The zero-order chi connectivity index (χ0) is 23.5. The Morgan fingerprint density at radius 2 is 1.91 bits per heavy atom. The number of anilines is 2. The van der Waals surface area contributed by atoms with E-state index < -0.39 is 16.4 Å². The lowest BCUT2D eigenvalue weighted by atomic mass is 9.78. The number of nitrogens with zero attached hydrogens (tertiary/aromatic N) is 4. The van der Waals surface area contributed by atoms with Gasteiger partial charge in [0.15, 0.2) is 0 Å². The molecule has 2 aromatic rings. The molecule has 0 atom stereocenters. The molecular formula is C23H30F2N6O2S. The summed E-state index contributed by atoms with van der Waals surface area (Å²) in [7, 11) is -3.14. The maximum Gasteiger partial charge on any atom is 0.263 e. The van der Waals surface area contributed by atoms with E-state index in [1.807, 2.05) is 0 Å². The Balaban J connectivity index is 1.21. The van der Waals surface area contributed by atoms with Crippen molar-refractivity contribution in [3.8, 4) is 0 Å². The predicted octanol–water partition coefficient (Wildman–Crippen LogP) is 2.74. The quantitative estimate of drug-likeness (QED) is 0.641. The smallest absolute Gasteiger partial charge is 0.263 e. The summed E-state index contributed by atoms with van der Waals surface area (Å²) in [6, 6.07) is 3.12. The first-order chi connectivity index (χ1) is 16.3. The third-order valence-electron chi connectivity index (χ3n) is 7.76. The van der Waals surface area contributed by atoms with Crippen molar-refractivity contribution >= 4 is 32.6 Å². The van der Waals surface area contributed by atoms with Crippen LogP contribution in [-0.4, -0.2) is 73.3 Å². The van der Waals surface area contributed by atoms with Crippen LogP contribution in [0.2, 0.25) is 0 Å². The zero-order valence-electron chi connectivity index (χ0n) is 19.0. The first-order valence-corrected chi connectivity index (χ1v) is 13.6. The van der Waals surface area contributed by atoms with Crippen LogP contribution in [-0.2, 0) is 10.0 Å². The minimum atomic E-state index is -3.14. The Kier molecular flexibility index (Phi) is 5.42. The van der Waals surface area contributed by atoms with Gasteiger partial charge in [-0.25, -0.2) is 31.5 Å². The third kappa shape index (κ3) is 4.01. The molecule has 0 bridgehead atoms. The molecule has 8 nitrogen and oxygen atoms in total. The highest BCUT2D eigenvalue weighted by molar-refractivity contribution is 7.90. The summed E-state index contributed by atoms with van der Waals surface area (Å²) < 4.78 is 53.7. The van der Waals surface area contributed by atoms with Gasteiger partial charge in [-0.05, 0) is 50.8 Å². The van der Waals surface area contributed by atoms with Crippen molar-refractivity contribution < 1.29 is 17.2 Å². The molecule has 4 fully saturated rings. The monoisotopic (exact) mass is 492 g/mol. The molecule has 4 heterocycles. The number of nitrogens with one attached hydrogen (secondary N) is 2. The Bertz CT molecular complexity index is 1180. The van der Waals surface area contributed by atoms with E-state index in [2.05, 4.69) is 20.5 Å². The van der Waals surface area contributed by atoms with E-state index in [9.17, 15) is 17.2 Å². The molecule has 0 amide bonds. The van der Waals surface area contributed by atoms with E-state index >= 15 is 0 Å². The van der Waals surface area contributed by atoms with E-state index in [0.29, 0.717) is 42.8 Å². The van der Waals surface area contributed by atoms with Crippen LogP contribution in [0, 0.1) is 5.41 Å². The van der Waals surface area contributed by atoms with Crippen molar-refractivity contribution in [1.29, 1.82) is 0 Å². The van der Waals surface area contributed by atoms with Gasteiger partial charge in [-0.3, -0.25) is 0 Å². The van der Waals surface area contributed by atoms with Gasteiger partial charge < -0.3 is 15.5 Å². The Morgan fingerprint density at radius 1 is 1.15 bits per heavy atom. The van der Waals surface area contributed by atoms with Gasteiger partial charge in [0.25, 0.3) is 6.43 Å². The number of alkyl halides is 2. The lowest BCUT2D eigenvalue weighted by molar-refractivity contribution is 0.151. The van der Waals surface area contributed by atoms with Crippen LogP contribution < -0.4 is 15.5 Å². The van der Waals surface area contributed by atoms with Gasteiger partial charge in [0.05, 0.1) is 16.5 Å². The van der Waals surface area contributed by atoms with E-state index in [4.69, 9.17) is 4.98 Å². The van der Waals surface area contributed by atoms with Crippen molar-refractivity contribution in [2.45, 2.75) is 49.8 Å². The average molecular weight is 493 g/mol. The molecular weight excluding hydrogens is 462 g/mol. The van der Waals surface area contributed by atoms with Gasteiger partial charge in [-0.1, -0.05) is 0 Å². The number of rotatable bonds is 6. The number of sulfonamides is 1. The molecule has 6 rings (SSSR count). The Hall–Kier alpha value is -2.11. The summed E-state index contributed by atoms with van der Waals surface area (Å²) in [6.45, 7) is 4.63. The molecule has 1 saturated carbocycles. The molecule has 1 aromatic carbocycles. The zero-order valence-corrected chi connectivity index (χ0v) is 19.8. The molecule has 1 spiro atoms.